The summed E-state index contributed by atoms with van der Waals surface area (Å²) >= 11 is 0. The molecule has 5 N–H and O–H groups in total. The van der Waals surface area contributed by atoms with Gasteiger partial charge >= 0.3 is 0 Å². The highest BCUT2D eigenvalue weighted by Crippen LogP contribution is 2.00. The van der Waals surface area contributed by atoms with Crippen molar-refractivity contribution in [2.45, 2.75) is 18.3 Å². The molecular formula is C6H12O6. The number of hydrogen-bond donors (Lipinski definition) is 5. The van der Waals surface area contributed by atoms with Crippen molar-refractivity contribution in [2.24, 2.45) is 0 Å². The van der Waals surface area contributed by atoms with E-state index < -0.39 is 37.3 Å². The van der Waals surface area contributed by atoms with E-state index in [1.165, 1.54) is 0 Å². The van der Waals surface area contributed by atoms with E-state index in [2.05, 4.69) is 0 Å². The summed E-state index contributed by atoms with van der Waals surface area (Å²) in [6.45, 7) is -2.03. The zero-order chi connectivity index (χ0) is 10.6. The molecule has 72 valence electrons. The van der Waals surface area contributed by atoms with E-state index in [1.807, 2.05) is 0 Å². The van der Waals surface area contributed by atoms with E-state index >= 15 is 0 Å². The lowest BCUT2D eigenvalue weighted by molar-refractivity contribution is -0.142. The highest BCUT2D eigenvalue weighted by atomic mass is 16.4. The molecule has 0 spiro atoms. The zero-order valence-electron chi connectivity index (χ0n) is 7.21. The molecule has 0 saturated carbocycles. The van der Waals surface area contributed by atoms with Gasteiger partial charge in [0.1, 0.15) is 24.9 Å². The van der Waals surface area contributed by atoms with Crippen molar-refractivity contribution in [1.29, 1.82) is 0 Å². The van der Waals surface area contributed by atoms with Crippen molar-refractivity contribution in [3.63, 3.8) is 0 Å². The second-order valence-corrected chi connectivity index (χ2v) is 2.16. The fourth-order valence-electron chi connectivity index (χ4n) is 0.528. The van der Waals surface area contributed by atoms with Gasteiger partial charge in [0.05, 0.1) is 7.98 Å². The van der Waals surface area contributed by atoms with Gasteiger partial charge in [-0.1, -0.05) is 0 Å². The standard InChI is InChI=1S/C6H12O6/c7-1-3(9)5(11)6(12)4(10)2-8/h3,5-9,11-12H,1-2H2/t3-,5-,6+/m1/s1/i6D. The fourth-order valence-corrected chi connectivity index (χ4v) is 0.528. The number of ketones is 1. The smallest absolute Gasteiger partial charge is 0.189 e. The molecule has 0 radical (unpaired) electrons. The Hall–Kier alpha value is -0.530. The third-order valence-electron chi connectivity index (χ3n) is 1.26. The highest BCUT2D eigenvalue weighted by molar-refractivity contribution is 5.84. The van der Waals surface area contributed by atoms with Crippen LogP contribution in [0.3, 0.4) is 0 Å². The Balaban J connectivity index is 4.52. The lowest BCUT2D eigenvalue weighted by Crippen LogP contribution is -2.44. The molecule has 0 bridgehead atoms. The first-order chi connectivity index (χ1) is 5.87. The Morgan fingerprint density at radius 2 is 1.83 bits per heavy atom. The molecule has 0 saturated heterocycles. The molecule has 0 aliphatic carbocycles. The van der Waals surface area contributed by atoms with Crippen LogP contribution in [0, 0.1) is 0 Å². The van der Waals surface area contributed by atoms with Crippen LogP contribution in [0.2, 0.25) is 0 Å². The Morgan fingerprint density at radius 3 is 2.17 bits per heavy atom. The van der Waals surface area contributed by atoms with Gasteiger partial charge in [0.15, 0.2) is 5.78 Å². The van der Waals surface area contributed by atoms with Crippen molar-refractivity contribution >= 4 is 5.78 Å². The Kier molecular flexibility index (Phi) is 4.12. The first-order valence-electron chi connectivity index (χ1n) is 3.71. The molecule has 0 aliphatic heterocycles. The summed E-state index contributed by atoms with van der Waals surface area (Å²) in [5, 5.41) is 43.4. The third-order valence-corrected chi connectivity index (χ3v) is 1.26. The van der Waals surface area contributed by atoms with Crippen molar-refractivity contribution in [2.75, 3.05) is 13.2 Å². The first-order valence-corrected chi connectivity index (χ1v) is 3.21. The van der Waals surface area contributed by atoms with Gasteiger partial charge in [-0.15, -0.1) is 0 Å². The maximum Gasteiger partial charge on any atom is 0.189 e. The molecular weight excluding hydrogens is 168 g/mol. The molecule has 6 nitrogen and oxygen atoms in total. The van der Waals surface area contributed by atoms with Gasteiger partial charge in [0, 0.05) is 0 Å². The number of rotatable bonds is 5. The van der Waals surface area contributed by atoms with Crippen LogP contribution in [0.15, 0.2) is 0 Å². The van der Waals surface area contributed by atoms with Crippen molar-refractivity contribution < 1.29 is 31.7 Å². The molecule has 0 unspecified atom stereocenters. The van der Waals surface area contributed by atoms with Crippen LogP contribution in [0.4, 0.5) is 0 Å². The van der Waals surface area contributed by atoms with Crippen LogP contribution in [0.25, 0.3) is 0 Å². The number of aliphatic hydroxyl groups excluding tert-OH is 4. The summed E-state index contributed by atoms with van der Waals surface area (Å²) in [4.78, 5) is 10.7. The van der Waals surface area contributed by atoms with Crippen LogP contribution in [0.5, 0.6) is 0 Å². The maximum absolute atomic E-state index is 10.7. The summed E-state index contributed by atoms with van der Waals surface area (Å²) in [5.41, 5.74) is 0. The van der Waals surface area contributed by atoms with E-state index in [0.29, 0.717) is 0 Å². The first kappa shape index (κ1) is 9.56. The Bertz CT molecular complexity index is 182. The highest BCUT2D eigenvalue weighted by Gasteiger charge is 2.28. The minimum Gasteiger partial charge on any atom is -0.394 e. The quantitative estimate of drug-likeness (QED) is 0.302. The minimum absolute atomic E-state index is 0.902. The number of carbonyl (C=O) groups excluding carboxylic acids is 1. The summed E-state index contributed by atoms with van der Waals surface area (Å²) < 4.78 is 6.90. The average Bonchev–Trinajstić information content (AvgIpc) is 2.13. The summed E-state index contributed by atoms with van der Waals surface area (Å²) in [6, 6.07) is 0. The van der Waals surface area contributed by atoms with E-state index in [1.54, 1.807) is 0 Å². The molecule has 12 heavy (non-hydrogen) atoms. The number of carbonyl (C=O) groups is 1. The second kappa shape index (κ2) is 5.18. The summed E-state index contributed by atoms with van der Waals surface area (Å²) in [6.07, 6.45) is -6.97. The van der Waals surface area contributed by atoms with E-state index in [9.17, 15) is 4.79 Å². The molecule has 0 fully saturated rings. The van der Waals surface area contributed by atoms with Crippen LogP contribution < -0.4 is 0 Å². The average molecular weight is 181 g/mol. The monoisotopic (exact) mass is 181 g/mol. The lowest BCUT2D eigenvalue weighted by atomic mass is 10.1. The predicted molar refractivity (Wildman–Crippen MR) is 37.2 cm³/mol. The van der Waals surface area contributed by atoms with Gasteiger partial charge in [-0.05, 0) is 0 Å². The fraction of sp³-hybridized carbons (Fsp3) is 0.833. The third kappa shape index (κ3) is 2.84. The van der Waals surface area contributed by atoms with Gasteiger partial charge < -0.3 is 25.5 Å². The molecule has 0 aromatic rings. The topological polar surface area (TPSA) is 118 Å². The Morgan fingerprint density at radius 1 is 1.33 bits per heavy atom. The largest absolute Gasteiger partial charge is 0.394 e. The molecule has 3 atom stereocenters. The van der Waals surface area contributed by atoms with Crippen LogP contribution in [0.1, 0.15) is 1.37 Å². The van der Waals surface area contributed by atoms with Crippen LogP contribution in [-0.4, -0.2) is 62.8 Å². The number of hydrogen-bond acceptors (Lipinski definition) is 6. The molecule has 0 amide bonds. The van der Waals surface area contributed by atoms with E-state index in [4.69, 9.17) is 26.9 Å². The molecule has 0 aromatic carbocycles. The van der Waals surface area contributed by atoms with Crippen LogP contribution in [-0.2, 0) is 4.79 Å². The van der Waals surface area contributed by atoms with Gasteiger partial charge in [0.25, 0.3) is 0 Å². The van der Waals surface area contributed by atoms with Gasteiger partial charge in [-0.25, -0.2) is 0 Å². The molecule has 0 aliphatic rings. The summed E-state index contributed by atoms with van der Waals surface area (Å²) in [5.74, 6) is -1.35. The summed E-state index contributed by atoms with van der Waals surface area (Å²) in [7, 11) is 0. The van der Waals surface area contributed by atoms with Gasteiger partial charge in [-0.2, -0.15) is 0 Å². The molecule has 0 aromatic heterocycles. The normalized spacial score (nSPS) is 22.2. The molecule has 6 heteroatoms. The molecule has 0 heterocycles. The molecule has 0 rings (SSSR count). The van der Waals surface area contributed by atoms with Gasteiger partial charge in [0.2, 0.25) is 0 Å². The van der Waals surface area contributed by atoms with E-state index in [-0.39, 0.29) is 0 Å². The van der Waals surface area contributed by atoms with Crippen molar-refractivity contribution in [3.05, 3.63) is 0 Å². The van der Waals surface area contributed by atoms with Crippen LogP contribution >= 0.6 is 0 Å². The minimum atomic E-state index is -3.00. The van der Waals surface area contributed by atoms with E-state index in [0.717, 1.165) is 0 Å². The van der Waals surface area contributed by atoms with Gasteiger partial charge in [-0.3, -0.25) is 4.79 Å². The zero-order valence-corrected chi connectivity index (χ0v) is 6.21. The predicted octanol–water partition coefficient (Wildman–Crippen LogP) is -3.38. The maximum atomic E-state index is 10.7. The second-order valence-electron chi connectivity index (χ2n) is 2.16. The number of Topliss-reactive ketones (excluding diaryl/α,β-unsaturated/α-hetero) is 1. The lowest BCUT2D eigenvalue weighted by Gasteiger charge is -2.19. The van der Waals surface area contributed by atoms with Crippen molar-refractivity contribution in [1.82, 2.24) is 0 Å². The van der Waals surface area contributed by atoms with Crippen molar-refractivity contribution in [3.8, 4) is 0 Å². The SMILES string of the molecule is [2H][C@](O)(C(=O)CO)[C@H](O)[C@H](O)CO. The Labute approximate surface area is 70.1 Å². The number of aliphatic hydroxyl groups is 5.